The van der Waals surface area contributed by atoms with E-state index in [1.165, 1.54) is 36.1 Å². The van der Waals surface area contributed by atoms with Gasteiger partial charge in [-0.25, -0.2) is 0 Å². The van der Waals surface area contributed by atoms with E-state index < -0.39 is 8.32 Å². The Morgan fingerprint density at radius 3 is 2.73 bits per heavy atom. The van der Waals surface area contributed by atoms with E-state index in [4.69, 9.17) is 9.26 Å². The first-order valence-corrected chi connectivity index (χ1v) is 13.3. The Morgan fingerprint density at radius 1 is 1.19 bits per heavy atom. The van der Waals surface area contributed by atoms with Gasteiger partial charge in [-0.3, -0.25) is 0 Å². The molecular weight excluding hydrogens is 338 g/mol. The van der Waals surface area contributed by atoms with Crippen LogP contribution >= 0.6 is 0 Å². The minimum absolute atomic E-state index is 0.208. The quantitative estimate of drug-likeness (QED) is 0.495. The van der Waals surface area contributed by atoms with Gasteiger partial charge in [0, 0.05) is 5.41 Å². The van der Waals surface area contributed by atoms with Crippen molar-refractivity contribution < 1.29 is 9.26 Å². The number of rotatable bonds is 3. The number of allylic oxidation sites excluding steroid dienone is 1. The molecule has 26 heavy (non-hydrogen) atoms. The van der Waals surface area contributed by atoms with E-state index in [-0.39, 0.29) is 5.41 Å². The molecule has 0 aromatic heterocycles. The number of benzene rings is 1. The van der Waals surface area contributed by atoms with Gasteiger partial charge in [0.25, 0.3) is 0 Å². The lowest BCUT2D eigenvalue weighted by Gasteiger charge is -2.47. The summed E-state index contributed by atoms with van der Waals surface area (Å²) >= 11 is 0. The van der Waals surface area contributed by atoms with Gasteiger partial charge in [-0.15, -0.1) is 0 Å². The zero-order valence-corrected chi connectivity index (χ0v) is 17.7. The fourth-order valence-electron chi connectivity index (χ4n) is 5.54. The second-order valence-corrected chi connectivity index (χ2v) is 13.8. The third kappa shape index (κ3) is 2.92. The van der Waals surface area contributed by atoms with Crippen LogP contribution < -0.4 is 4.43 Å². The van der Waals surface area contributed by atoms with Gasteiger partial charge < -0.3 is 9.26 Å². The number of hydrogen-bond donors (Lipinski definition) is 0. The molecule has 0 bridgehead atoms. The van der Waals surface area contributed by atoms with E-state index in [2.05, 4.69) is 62.1 Å². The topological polar surface area (TPSA) is 30.8 Å². The van der Waals surface area contributed by atoms with Gasteiger partial charge >= 0.3 is 0 Å². The SMILES string of the molecule is CON=C1CC[C@H]2[C@@H]3C=Cc4cc(O[Si](C)(C)C)ccc4[C@H]3CC[C@]12C. The third-order valence-corrected chi connectivity index (χ3v) is 7.50. The summed E-state index contributed by atoms with van der Waals surface area (Å²) in [6.45, 7) is 9.12. The van der Waals surface area contributed by atoms with Crippen molar-refractivity contribution in [2.45, 2.75) is 58.2 Å². The van der Waals surface area contributed by atoms with Crippen molar-refractivity contribution in [3.63, 3.8) is 0 Å². The van der Waals surface area contributed by atoms with Crippen molar-refractivity contribution in [2.24, 2.45) is 22.4 Å². The van der Waals surface area contributed by atoms with Gasteiger partial charge in [-0.2, -0.15) is 0 Å². The van der Waals surface area contributed by atoms with Crippen LogP contribution in [0, 0.1) is 17.3 Å². The Morgan fingerprint density at radius 2 is 2.00 bits per heavy atom. The molecule has 4 atom stereocenters. The Labute approximate surface area is 158 Å². The highest BCUT2D eigenvalue weighted by molar-refractivity contribution is 6.70. The van der Waals surface area contributed by atoms with Gasteiger partial charge in [-0.05, 0) is 86.3 Å². The molecule has 3 nitrogen and oxygen atoms in total. The maximum absolute atomic E-state index is 6.21. The van der Waals surface area contributed by atoms with E-state index in [1.54, 1.807) is 7.11 Å². The average Bonchev–Trinajstić information content (AvgIpc) is 2.90. The molecule has 0 saturated heterocycles. The lowest BCUT2D eigenvalue weighted by molar-refractivity contribution is 0.133. The van der Waals surface area contributed by atoms with E-state index in [0.29, 0.717) is 17.8 Å². The molecule has 3 aliphatic rings. The Balaban J connectivity index is 1.63. The largest absolute Gasteiger partial charge is 0.544 e. The van der Waals surface area contributed by atoms with Crippen LogP contribution in [0.15, 0.2) is 29.4 Å². The van der Waals surface area contributed by atoms with Gasteiger partial charge in [0.1, 0.15) is 12.9 Å². The average molecular weight is 370 g/mol. The first kappa shape index (κ1) is 17.8. The lowest BCUT2D eigenvalue weighted by Crippen LogP contribution is -2.41. The van der Waals surface area contributed by atoms with Gasteiger partial charge in [0.05, 0.1) is 5.71 Å². The lowest BCUT2D eigenvalue weighted by atomic mass is 9.57. The molecule has 2 fully saturated rings. The van der Waals surface area contributed by atoms with Crippen LogP contribution in [0.5, 0.6) is 5.75 Å². The minimum atomic E-state index is -1.57. The van der Waals surface area contributed by atoms with Gasteiger partial charge in [-0.1, -0.05) is 30.3 Å². The van der Waals surface area contributed by atoms with Crippen LogP contribution in [0.1, 0.15) is 49.7 Å². The molecule has 2 saturated carbocycles. The molecule has 0 N–H and O–H groups in total. The summed E-state index contributed by atoms with van der Waals surface area (Å²) in [4.78, 5) is 5.14. The van der Waals surface area contributed by atoms with Crippen molar-refractivity contribution in [3.05, 3.63) is 35.4 Å². The highest BCUT2D eigenvalue weighted by atomic mass is 28.4. The summed E-state index contributed by atoms with van der Waals surface area (Å²) in [5, 5.41) is 4.39. The Hall–Kier alpha value is -1.55. The second-order valence-electron chi connectivity index (χ2n) is 9.37. The monoisotopic (exact) mass is 369 g/mol. The summed E-state index contributed by atoms with van der Waals surface area (Å²) in [6.07, 6.45) is 9.57. The minimum Gasteiger partial charge on any atom is -0.544 e. The molecule has 3 aliphatic carbocycles. The van der Waals surface area contributed by atoms with Crippen molar-refractivity contribution in [3.8, 4) is 5.75 Å². The normalized spacial score (nSPS) is 34.2. The fourth-order valence-corrected chi connectivity index (χ4v) is 6.38. The molecule has 0 radical (unpaired) electrons. The van der Waals surface area contributed by atoms with Crippen molar-refractivity contribution in [2.75, 3.05) is 7.11 Å². The number of oxime groups is 1. The van der Waals surface area contributed by atoms with E-state index in [0.717, 1.165) is 12.2 Å². The smallest absolute Gasteiger partial charge is 0.242 e. The Bertz CT molecular complexity index is 764. The summed E-state index contributed by atoms with van der Waals surface area (Å²) in [7, 11) is 0.103. The molecule has 0 spiro atoms. The van der Waals surface area contributed by atoms with Crippen molar-refractivity contribution in [1.82, 2.24) is 0 Å². The summed E-state index contributed by atoms with van der Waals surface area (Å²) in [6, 6.07) is 6.77. The highest BCUT2D eigenvalue weighted by Gasteiger charge is 2.53. The summed E-state index contributed by atoms with van der Waals surface area (Å²) < 4.78 is 6.21. The molecule has 0 amide bonds. The van der Waals surface area contributed by atoms with Crippen molar-refractivity contribution in [1.29, 1.82) is 0 Å². The maximum atomic E-state index is 6.21. The van der Waals surface area contributed by atoms with E-state index >= 15 is 0 Å². The molecule has 4 heteroatoms. The first-order valence-electron chi connectivity index (χ1n) is 9.93. The number of hydrogen-bond acceptors (Lipinski definition) is 3. The molecular formula is C22H31NO2Si. The highest BCUT2D eigenvalue weighted by Crippen LogP contribution is 2.59. The summed E-state index contributed by atoms with van der Waals surface area (Å²) in [5.74, 6) is 2.96. The van der Waals surface area contributed by atoms with Crippen LogP contribution in [0.4, 0.5) is 0 Å². The van der Waals surface area contributed by atoms with E-state index in [9.17, 15) is 0 Å². The molecule has 4 rings (SSSR count). The van der Waals surface area contributed by atoms with E-state index in [1.807, 2.05) is 0 Å². The van der Waals surface area contributed by atoms with Crippen molar-refractivity contribution >= 4 is 20.1 Å². The standard InChI is InChI=1S/C22H31NO2Si/c1-22-13-12-18-17-9-7-16(25-26(3,4)5)14-15(17)6-8-19(18)20(22)10-11-21(22)23-24-2/h6-9,14,18-20H,10-13H2,1-5H3/t18-,19-,20+,22+/m1/s1. The third-order valence-electron chi connectivity index (χ3n) is 6.65. The summed E-state index contributed by atoms with van der Waals surface area (Å²) in [5.41, 5.74) is 4.36. The molecule has 1 aromatic carbocycles. The fraction of sp³-hybridized carbons (Fsp3) is 0.591. The number of fused-ring (bicyclic) bond motifs is 5. The first-order chi connectivity index (χ1) is 12.3. The molecule has 1 aromatic rings. The zero-order chi connectivity index (χ0) is 18.5. The van der Waals surface area contributed by atoms with Gasteiger partial charge in [0.15, 0.2) is 0 Å². The van der Waals surface area contributed by atoms with Crippen LogP contribution in [0.3, 0.4) is 0 Å². The molecule has 140 valence electrons. The predicted molar refractivity (Wildman–Crippen MR) is 110 cm³/mol. The van der Waals surface area contributed by atoms with Crippen LogP contribution in [0.25, 0.3) is 6.08 Å². The zero-order valence-electron chi connectivity index (χ0n) is 16.7. The molecule has 0 unspecified atom stereocenters. The van der Waals surface area contributed by atoms with Crippen LogP contribution in [0.2, 0.25) is 19.6 Å². The predicted octanol–water partition coefficient (Wildman–Crippen LogP) is 5.84. The van der Waals surface area contributed by atoms with Crippen LogP contribution in [-0.4, -0.2) is 21.1 Å². The molecule has 0 aliphatic heterocycles. The molecule has 0 heterocycles. The van der Waals surface area contributed by atoms with Gasteiger partial charge in [0.2, 0.25) is 8.32 Å². The maximum Gasteiger partial charge on any atom is 0.242 e. The second kappa shape index (κ2) is 6.26. The number of nitrogens with zero attached hydrogens (tertiary/aromatic N) is 1. The Kier molecular flexibility index (Phi) is 4.29. The van der Waals surface area contributed by atoms with Crippen LogP contribution in [-0.2, 0) is 4.84 Å².